The van der Waals surface area contributed by atoms with E-state index in [1.165, 1.54) is 5.56 Å². The molecular weight excluding hydrogens is 200 g/mol. The van der Waals surface area contributed by atoms with Crippen LogP contribution in [0.25, 0.3) is 0 Å². The number of hydrogen-bond donors (Lipinski definition) is 0. The lowest BCUT2D eigenvalue weighted by molar-refractivity contribution is -0.140. The van der Waals surface area contributed by atoms with Gasteiger partial charge in [0, 0.05) is 6.61 Å². The average Bonchev–Trinajstić information content (AvgIpc) is 2.28. The zero-order valence-corrected chi connectivity index (χ0v) is 10.3. The van der Waals surface area contributed by atoms with Crippen LogP contribution >= 0.6 is 0 Å². The Kier molecular flexibility index (Phi) is 4.69. The number of hydrogen-bond acceptors (Lipinski definition) is 2. The number of ether oxygens (including phenoxy) is 1. The molecule has 1 unspecified atom stereocenters. The topological polar surface area (TPSA) is 26.3 Å². The smallest absolute Gasteiger partial charge is 0.161 e. The van der Waals surface area contributed by atoms with Crippen molar-refractivity contribution in [3.05, 3.63) is 35.9 Å². The first-order valence-corrected chi connectivity index (χ1v) is 5.77. The van der Waals surface area contributed by atoms with Crippen LogP contribution in [-0.2, 0) is 16.0 Å². The van der Waals surface area contributed by atoms with Gasteiger partial charge in [-0.05, 0) is 39.2 Å². The van der Waals surface area contributed by atoms with Gasteiger partial charge < -0.3 is 4.74 Å². The van der Waals surface area contributed by atoms with Crippen LogP contribution in [0, 0.1) is 0 Å². The first-order chi connectivity index (χ1) is 7.58. The summed E-state index contributed by atoms with van der Waals surface area (Å²) >= 11 is 0. The minimum atomic E-state index is -0.634. The Balaban J connectivity index is 2.60. The SMILES string of the molecule is CCOC(C)(CCc1ccccc1)C(C)=O. The quantitative estimate of drug-likeness (QED) is 0.736. The Labute approximate surface area is 97.6 Å². The van der Waals surface area contributed by atoms with Crippen LogP contribution in [0.1, 0.15) is 32.8 Å². The molecule has 0 amide bonds. The molecule has 0 saturated heterocycles. The molecule has 1 rings (SSSR count). The third-order valence-corrected chi connectivity index (χ3v) is 2.94. The fraction of sp³-hybridized carbons (Fsp3) is 0.500. The number of aryl methyl sites for hydroxylation is 1. The molecule has 0 radical (unpaired) electrons. The van der Waals surface area contributed by atoms with Gasteiger partial charge in [-0.15, -0.1) is 0 Å². The van der Waals surface area contributed by atoms with Crippen LogP contribution in [0.5, 0.6) is 0 Å². The highest BCUT2D eigenvalue weighted by atomic mass is 16.5. The lowest BCUT2D eigenvalue weighted by Crippen LogP contribution is -2.37. The van der Waals surface area contributed by atoms with Gasteiger partial charge >= 0.3 is 0 Å². The minimum Gasteiger partial charge on any atom is -0.368 e. The number of ketones is 1. The van der Waals surface area contributed by atoms with Crippen molar-refractivity contribution in [1.29, 1.82) is 0 Å². The standard InChI is InChI=1S/C14H20O2/c1-4-16-14(3,12(2)15)11-10-13-8-6-5-7-9-13/h5-9H,4,10-11H2,1-3H3. The lowest BCUT2D eigenvalue weighted by Gasteiger charge is -2.26. The molecule has 0 aromatic heterocycles. The zero-order valence-electron chi connectivity index (χ0n) is 10.3. The van der Waals surface area contributed by atoms with Crippen LogP contribution in [0.3, 0.4) is 0 Å². The minimum absolute atomic E-state index is 0.102. The van der Waals surface area contributed by atoms with Crippen molar-refractivity contribution in [2.75, 3.05) is 6.61 Å². The van der Waals surface area contributed by atoms with E-state index in [4.69, 9.17) is 4.74 Å². The van der Waals surface area contributed by atoms with Crippen molar-refractivity contribution in [3.8, 4) is 0 Å². The second kappa shape index (κ2) is 5.80. The Bertz CT molecular complexity index is 332. The van der Waals surface area contributed by atoms with Gasteiger partial charge in [0.15, 0.2) is 5.78 Å². The summed E-state index contributed by atoms with van der Waals surface area (Å²) in [7, 11) is 0. The van der Waals surface area contributed by atoms with Crippen LogP contribution in [-0.4, -0.2) is 18.0 Å². The number of rotatable bonds is 6. The molecule has 0 aliphatic heterocycles. The summed E-state index contributed by atoms with van der Waals surface area (Å²) in [5, 5.41) is 0. The van der Waals surface area contributed by atoms with Crippen molar-refractivity contribution in [2.45, 2.75) is 39.2 Å². The van der Waals surface area contributed by atoms with Gasteiger partial charge in [-0.3, -0.25) is 4.79 Å². The summed E-state index contributed by atoms with van der Waals surface area (Å²) in [6.07, 6.45) is 1.61. The summed E-state index contributed by atoms with van der Waals surface area (Å²) in [5.41, 5.74) is 0.611. The molecular formula is C14H20O2. The molecule has 16 heavy (non-hydrogen) atoms. The van der Waals surface area contributed by atoms with Crippen molar-refractivity contribution >= 4 is 5.78 Å². The predicted molar refractivity (Wildman–Crippen MR) is 65.5 cm³/mol. The molecule has 0 N–H and O–H groups in total. The van der Waals surface area contributed by atoms with Crippen LogP contribution in [0.2, 0.25) is 0 Å². The maximum absolute atomic E-state index is 11.6. The van der Waals surface area contributed by atoms with Gasteiger partial charge in [-0.25, -0.2) is 0 Å². The Hall–Kier alpha value is -1.15. The van der Waals surface area contributed by atoms with Crippen molar-refractivity contribution < 1.29 is 9.53 Å². The maximum atomic E-state index is 11.6. The van der Waals surface area contributed by atoms with Gasteiger partial charge in [0.1, 0.15) is 5.60 Å². The number of carbonyl (C=O) groups is 1. The second-order valence-corrected chi connectivity index (χ2v) is 4.21. The molecule has 0 aliphatic rings. The molecule has 0 spiro atoms. The van der Waals surface area contributed by atoms with Crippen LogP contribution < -0.4 is 0 Å². The average molecular weight is 220 g/mol. The van der Waals surface area contributed by atoms with E-state index in [1.807, 2.05) is 32.0 Å². The number of benzene rings is 1. The zero-order chi connectivity index (χ0) is 12.0. The third kappa shape index (κ3) is 3.46. The fourth-order valence-corrected chi connectivity index (χ4v) is 1.70. The van der Waals surface area contributed by atoms with Crippen molar-refractivity contribution in [1.82, 2.24) is 0 Å². The van der Waals surface area contributed by atoms with Gasteiger partial charge in [-0.1, -0.05) is 30.3 Å². The van der Waals surface area contributed by atoms with Crippen LogP contribution in [0.15, 0.2) is 30.3 Å². The molecule has 88 valence electrons. The molecule has 1 aromatic rings. The number of Topliss-reactive ketones (excluding diaryl/α,β-unsaturated/α-hetero) is 1. The first kappa shape index (κ1) is 12.9. The van der Waals surface area contributed by atoms with Crippen molar-refractivity contribution in [3.63, 3.8) is 0 Å². The second-order valence-electron chi connectivity index (χ2n) is 4.21. The Morgan fingerprint density at radius 2 is 1.94 bits per heavy atom. The number of carbonyl (C=O) groups excluding carboxylic acids is 1. The molecule has 1 aromatic carbocycles. The van der Waals surface area contributed by atoms with Crippen molar-refractivity contribution in [2.24, 2.45) is 0 Å². The highest BCUT2D eigenvalue weighted by Crippen LogP contribution is 2.19. The van der Waals surface area contributed by atoms with Gasteiger partial charge in [0.2, 0.25) is 0 Å². The van der Waals surface area contributed by atoms with E-state index < -0.39 is 5.60 Å². The highest BCUT2D eigenvalue weighted by Gasteiger charge is 2.29. The largest absolute Gasteiger partial charge is 0.368 e. The van der Waals surface area contributed by atoms with E-state index in [-0.39, 0.29) is 5.78 Å². The molecule has 1 atom stereocenters. The summed E-state index contributed by atoms with van der Waals surface area (Å²) in [5.74, 6) is 0.102. The van der Waals surface area contributed by atoms with E-state index >= 15 is 0 Å². The normalized spacial score (nSPS) is 14.4. The summed E-state index contributed by atoms with van der Waals surface area (Å²) < 4.78 is 5.56. The van der Waals surface area contributed by atoms with Gasteiger partial charge in [0.25, 0.3) is 0 Å². The summed E-state index contributed by atoms with van der Waals surface area (Å²) in [6.45, 7) is 5.97. The van der Waals surface area contributed by atoms with Crippen LogP contribution in [0.4, 0.5) is 0 Å². The fourth-order valence-electron chi connectivity index (χ4n) is 1.70. The van der Waals surface area contributed by atoms with Gasteiger partial charge in [-0.2, -0.15) is 0 Å². The Morgan fingerprint density at radius 3 is 2.44 bits per heavy atom. The third-order valence-electron chi connectivity index (χ3n) is 2.94. The van der Waals surface area contributed by atoms with E-state index in [9.17, 15) is 4.79 Å². The summed E-state index contributed by atoms with van der Waals surface area (Å²) in [6, 6.07) is 10.2. The van der Waals surface area contributed by atoms with E-state index in [1.54, 1.807) is 6.92 Å². The Morgan fingerprint density at radius 1 is 1.31 bits per heavy atom. The molecule has 2 nitrogen and oxygen atoms in total. The molecule has 2 heteroatoms. The highest BCUT2D eigenvalue weighted by molar-refractivity contribution is 5.84. The van der Waals surface area contributed by atoms with E-state index in [0.717, 1.165) is 12.8 Å². The van der Waals surface area contributed by atoms with E-state index in [2.05, 4.69) is 12.1 Å². The summed E-state index contributed by atoms with van der Waals surface area (Å²) in [4.78, 5) is 11.6. The van der Waals surface area contributed by atoms with Gasteiger partial charge in [0.05, 0.1) is 0 Å². The predicted octanol–water partition coefficient (Wildman–Crippen LogP) is 3.00. The first-order valence-electron chi connectivity index (χ1n) is 5.77. The van der Waals surface area contributed by atoms with E-state index in [0.29, 0.717) is 6.61 Å². The monoisotopic (exact) mass is 220 g/mol. The molecule has 0 heterocycles. The molecule has 0 aliphatic carbocycles. The molecule has 0 saturated carbocycles. The molecule has 0 bridgehead atoms. The molecule has 0 fully saturated rings. The lowest BCUT2D eigenvalue weighted by atomic mass is 9.93. The maximum Gasteiger partial charge on any atom is 0.161 e.